The molecule has 1 N–H and O–H groups in total. The van der Waals surface area contributed by atoms with Crippen molar-refractivity contribution < 1.29 is 4.79 Å². The summed E-state index contributed by atoms with van der Waals surface area (Å²) in [4.78, 5) is 28.7. The molecule has 3 heterocycles. The predicted molar refractivity (Wildman–Crippen MR) is 125 cm³/mol. The molecule has 0 aliphatic carbocycles. The van der Waals surface area contributed by atoms with Crippen molar-refractivity contribution >= 4 is 34.2 Å². The van der Waals surface area contributed by atoms with Crippen LogP contribution >= 0.6 is 11.3 Å². The van der Waals surface area contributed by atoms with E-state index in [0.29, 0.717) is 5.95 Å². The van der Waals surface area contributed by atoms with E-state index >= 15 is 0 Å². The largest absolute Gasteiger partial charge is 0.309 e. The van der Waals surface area contributed by atoms with E-state index in [9.17, 15) is 4.79 Å². The number of fused-ring (bicyclic) bond motifs is 1. The molecule has 4 aromatic rings. The molecule has 0 spiro atoms. The Morgan fingerprint density at radius 3 is 2.68 bits per heavy atom. The highest BCUT2D eigenvalue weighted by molar-refractivity contribution is 7.13. The fraction of sp³-hybridized carbons (Fsp3) is 0.304. The average molecular weight is 435 g/mol. The van der Waals surface area contributed by atoms with Crippen LogP contribution in [0, 0.1) is 0 Å². The Morgan fingerprint density at radius 1 is 1.10 bits per heavy atom. The maximum absolute atomic E-state index is 12.8. The lowest BCUT2D eigenvalue weighted by atomic mass is 10.3. The van der Waals surface area contributed by atoms with Gasteiger partial charge in [0.25, 0.3) is 0 Å². The minimum atomic E-state index is -0.128. The van der Waals surface area contributed by atoms with Crippen molar-refractivity contribution in [2.75, 3.05) is 25.0 Å². The molecule has 0 bridgehead atoms. The van der Waals surface area contributed by atoms with Gasteiger partial charge in [-0.1, -0.05) is 32.0 Å². The van der Waals surface area contributed by atoms with Gasteiger partial charge in [0.2, 0.25) is 11.9 Å². The van der Waals surface area contributed by atoms with E-state index < -0.39 is 0 Å². The number of aromatic nitrogens is 4. The summed E-state index contributed by atoms with van der Waals surface area (Å²) in [5, 5.41) is 5.73. The van der Waals surface area contributed by atoms with Gasteiger partial charge in [-0.3, -0.25) is 15.1 Å². The number of thiazole rings is 1. The molecule has 0 aliphatic rings. The van der Waals surface area contributed by atoms with Gasteiger partial charge in [0.15, 0.2) is 0 Å². The fourth-order valence-electron chi connectivity index (χ4n) is 3.51. The third-order valence-corrected chi connectivity index (χ3v) is 6.13. The van der Waals surface area contributed by atoms with E-state index in [0.717, 1.165) is 53.6 Å². The van der Waals surface area contributed by atoms with Gasteiger partial charge in [-0.05, 0) is 37.4 Å². The smallest absolute Gasteiger partial charge is 0.232 e. The summed E-state index contributed by atoms with van der Waals surface area (Å²) < 4.78 is 2.09. The molecule has 1 amide bonds. The van der Waals surface area contributed by atoms with Crippen molar-refractivity contribution in [2.45, 2.75) is 26.8 Å². The first-order valence-electron chi connectivity index (χ1n) is 10.5. The number of carbonyl (C=O) groups excluding carboxylic acids is 1. The molecule has 0 saturated heterocycles. The quantitative estimate of drug-likeness (QED) is 0.430. The number of hydrogen-bond donors (Lipinski definition) is 1. The van der Waals surface area contributed by atoms with Gasteiger partial charge in [0, 0.05) is 24.7 Å². The molecule has 4 rings (SSSR count). The van der Waals surface area contributed by atoms with E-state index in [4.69, 9.17) is 0 Å². The summed E-state index contributed by atoms with van der Waals surface area (Å²) in [5.74, 6) is 0.454. The lowest BCUT2D eigenvalue weighted by molar-refractivity contribution is -0.115. The SMILES string of the molecule is CCN(CC)CCn1c(NC(=O)Cc2csc(-c3ccccn3)n2)nc2ccccc21. The Morgan fingerprint density at radius 2 is 1.90 bits per heavy atom. The lowest BCUT2D eigenvalue weighted by Gasteiger charge is -2.19. The standard InChI is InChI=1S/C23H26N6OS/c1-3-28(4-2)13-14-29-20-11-6-5-9-18(20)26-23(29)27-21(30)15-17-16-31-22(25-17)19-10-7-8-12-24-19/h5-12,16H,3-4,13-15H2,1-2H3,(H,26,27,30). The molecule has 0 radical (unpaired) electrons. The van der Waals surface area contributed by atoms with E-state index in [-0.39, 0.29) is 12.3 Å². The van der Waals surface area contributed by atoms with E-state index in [1.165, 1.54) is 11.3 Å². The van der Waals surface area contributed by atoms with Gasteiger partial charge in [0.1, 0.15) is 5.01 Å². The second-order valence-electron chi connectivity index (χ2n) is 7.19. The van der Waals surface area contributed by atoms with Crippen LogP contribution in [0.25, 0.3) is 21.7 Å². The summed E-state index contributed by atoms with van der Waals surface area (Å²) in [5.41, 5.74) is 3.45. The highest BCUT2D eigenvalue weighted by Gasteiger charge is 2.15. The molecular weight excluding hydrogens is 408 g/mol. The second kappa shape index (κ2) is 9.80. The number of anilines is 1. The first kappa shape index (κ1) is 21.1. The molecule has 0 unspecified atom stereocenters. The van der Waals surface area contributed by atoms with E-state index in [1.54, 1.807) is 6.20 Å². The fourth-order valence-corrected chi connectivity index (χ4v) is 4.30. The molecule has 0 saturated carbocycles. The van der Waals surface area contributed by atoms with Gasteiger partial charge in [-0.25, -0.2) is 9.97 Å². The third kappa shape index (κ3) is 4.98. The molecular formula is C23H26N6OS. The summed E-state index contributed by atoms with van der Waals surface area (Å²) in [6.07, 6.45) is 1.94. The average Bonchev–Trinajstić information content (AvgIpc) is 3.39. The Balaban J connectivity index is 1.49. The van der Waals surface area contributed by atoms with Crippen molar-refractivity contribution in [1.29, 1.82) is 0 Å². The maximum Gasteiger partial charge on any atom is 0.232 e. The predicted octanol–water partition coefficient (Wildman–Crippen LogP) is 4.08. The van der Waals surface area contributed by atoms with Crippen LogP contribution in [0.2, 0.25) is 0 Å². The van der Waals surface area contributed by atoms with Crippen LogP contribution in [-0.2, 0) is 17.8 Å². The molecule has 0 fully saturated rings. The zero-order valence-corrected chi connectivity index (χ0v) is 18.6. The summed E-state index contributed by atoms with van der Waals surface area (Å²) in [7, 11) is 0. The maximum atomic E-state index is 12.8. The van der Waals surface area contributed by atoms with Crippen LogP contribution in [0.4, 0.5) is 5.95 Å². The summed E-state index contributed by atoms with van der Waals surface area (Å²) in [6, 6.07) is 13.7. The van der Waals surface area contributed by atoms with Crippen LogP contribution in [0.15, 0.2) is 54.0 Å². The van der Waals surface area contributed by atoms with Crippen molar-refractivity contribution in [3.8, 4) is 10.7 Å². The normalized spacial score (nSPS) is 11.3. The number of amides is 1. The van der Waals surface area contributed by atoms with Crippen molar-refractivity contribution in [3.05, 3.63) is 59.7 Å². The van der Waals surface area contributed by atoms with Crippen LogP contribution < -0.4 is 5.32 Å². The number of hydrogen-bond acceptors (Lipinski definition) is 6. The Bertz CT molecular complexity index is 1150. The number of rotatable bonds is 9. The number of nitrogens with zero attached hydrogens (tertiary/aromatic N) is 5. The minimum absolute atomic E-state index is 0.128. The number of benzene rings is 1. The first-order valence-corrected chi connectivity index (χ1v) is 11.4. The highest BCUT2D eigenvalue weighted by atomic mass is 32.1. The Kier molecular flexibility index (Phi) is 6.69. The Labute approximate surface area is 185 Å². The summed E-state index contributed by atoms with van der Waals surface area (Å²) >= 11 is 1.49. The molecule has 1 aromatic carbocycles. The van der Waals surface area contributed by atoms with Crippen LogP contribution in [0.3, 0.4) is 0 Å². The van der Waals surface area contributed by atoms with E-state index in [2.05, 4.69) is 43.6 Å². The molecule has 7 nitrogen and oxygen atoms in total. The number of carbonyl (C=O) groups is 1. The highest BCUT2D eigenvalue weighted by Crippen LogP contribution is 2.23. The number of imidazole rings is 1. The van der Waals surface area contributed by atoms with Crippen molar-refractivity contribution in [3.63, 3.8) is 0 Å². The van der Waals surface area contributed by atoms with Gasteiger partial charge in [-0.15, -0.1) is 11.3 Å². The Hall–Kier alpha value is -3.10. The number of para-hydroxylation sites is 2. The van der Waals surface area contributed by atoms with E-state index in [1.807, 2.05) is 47.8 Å². The second-order valence-corrected chi connectivity index (χ2v) is 8.04. The number of nitrogens with one attached hydrogen (secondary N) is 1. The zero-order valence-electron chi connectivity index (χ0n) is 17.8. The lowest BCUT2D eigenvalue weighted by Crippen LogP contribution is -2.28. The van der Waals surface area contributed by atoms with Crippen LogP contribution in [-0.4, -0.2) is 50.0 Å². The third-order valence-electron chi connectivity index (χ3n) is 5.22. The molecule has 0 aliphatic heterocycles. The van der Waals surface area contributed by atoms with Gasteiger partial charge < -0.3 is 9.47 Å². The van der Waals surface area contributed by atoms with Gasteiger partial charge in [0.05, 0.1) is 28.8 Å². The molecule has 0 atom stereocenters. The van der Waals surface area contributed by atoms with Crippen molar-refractivity contribution in [1.82, 2.24) is 24.4 Å². The van der Waals surface area contributed by atoms with Crippen molar-refractivity contribution in [2.24, 2.45) is 0 Å². The molecule has 8 heteroatoms. The monoisotopic (exact) mass is 434 g/mol. The molecule has 160 valence electrons. The molecule has 31 heavy (non-hydrogen) atoms. The number of pyridine rings is 1. The van der Waals surface area contributed by atoms with Crippen LogP contribution in [0.1, 0.15) is 19.5 Å². The number of likely N-dealkylation sites (N-methyl/N-ethyl adjacent to an activating group) is 1. The van der Waals surface area contributed by atoms with Gasteiger partial charge >= 0.3 is 0 Å². The summed E-state index contributed by atoms with van der Waals surface area (Å²) in [6.45, 7) is 7.96. The molecule has 3 aromatic heterocycles. The van der Waals surface area contributed by atoms with Gasteiger partial charge in [-0.2, -0.15) is 0 Å². The topological polar surface area (TPSA) is 75.9 Å². The zero-order chi connectivity index (χ0) is 21.6. The minimum Gasteiger partial charge on any atom is -0.309 e. The van der Waals surface area contributed by atoms with Crippen LogP contribution in [0.5, 0.6) is 0 Å². The first-order chi connectivity index (χ1) is 15.2.